The van der Waals surface area contributed by atoms with Crippen molar-refractivity contribution in [2.24, 2.45) is 7.05 Å². The summed E-state index contributed by atoms with van der Waals surface area (Å²) in [6, 6.07) is 19.1. The standard InChI is InChI=1S/C29H25ClFN3O4/c1-17(18-6-4-3-5-7-18)38-28(37)33-26-23(16-32-34(26)2)22-14-24(30)21(15-25(22)31)19-8-10-20(11-9-19)29(12-13-29)27(35)36/h3-11,14-17H,12-13H2,1-2H3,(H,33,37)(H,35,36)/t17-/m1/s1. The van der Waals surface area contributed by atoms with Crippen LogP contribution < -0.4 is 5.32 Å². The molecule has 0 spiro atoms. The Bertz CT molecular complexity index is 1520. The van der Waals surface area contributed by atoms with Crippen LogP contribution >= 0.6 is 11.6 Å². The number of halogens is 2. The molecule has 1 fully saturated rings. The molecule has 1 aliphatic carbocycles. The maximum Gasteiger partial charge on any atom is 0.413 e. The van der Waals surface area contributed by atoms with E-state index in [0.29, 0.717) is 34.6 Å². The normalized spacial score (nSPS) is 14.5. The van der Waals surface area contributed by atoms with Gasteiger partial charge in [0.15, 0.2) is 0 Å². The van der Waals surface area contributed by atoms with E-state index in [2.05, 4.69) is 10.4 Å². The van der Waals surface area contributed by atoms with Gasteiger partial charge in [-0.2, -0.15) is 5.10 Å². The molecule has 38 heavy (non-hydrogen) atoms. The molecule has 0 aliphatic heterocycles. The number of nitrogens with one attached hydrogen (secondary N) is 1. The molecule has 194 valence electrons. The molecule has 3 aromatic carbocycles. The van der Waals surface area contributed by atoms with Gasteiger partial charge in [-0.05, 0) is 48.6 Å². The molecule has 1 atom stereocenters. The number of anilines is 1. The van der Waals surface area contributed by atoms with Crippen molar-refractivity contribution in [1.29, 1.82) is 0 Å². The van der Waals surface area contributed by atoms with Crippen molar-refractivity contribution >= 4 is 29.5 Å². The summed E-state index contributed by atoms with van der Waals surface area (Å²) in [5.41, 5.74) is 2.38. The van der Waals surface area contributed by atoms with Crippen molar-refractivity contribution in [2.45, 2.75) is 31.3 Å². The van der Waals surface area contributed by atoms with Crippen molar-refractivity contribution in [3.05, 3.63) is 94.9 Å². The Labute approximate surface area is 223 Å². The van der Waals surface area contributed by atoms with Crippen LogP contribution in [0.1, 0.15) is 37.0 Å². The van der Waals surface area contributed by atoms with Crippen molar-refractivity contribution < 1.29 is 23.8 Å². The summed E-state index contributed by atoms with van der Waals surface area (Å²) in [7, 11) is 1.62. The molecule has 1 saturated carbocycles. The van der Waals surface area contributed by atoms with Gasteiger partial charge in [-0.1, -0.05) is 66.2 Å². The highest BCUT2D eigenvalue weighted by Crippen LogP contribution is 2.49. The third-order valence-electron chi connectivity index (χ3n) is 6.97. The van der Waals surface area contributed by atoms with E-state index in [4.69, 9.17) is 16.3 Å². The maximum absolute atomic E-state index is 15.4. The second kappa shape index (κ2) is 9.95. The number of nitrogens with zero attached hydrogens (tertiary/aromatic N) is 2. The number of carboxylic acids is 1. The van der Waals surface area contributed by atoms with Crippen molar-refractivity contribution in [1.82, 2.24) is 9.78 Å². The Morgan fingerprint density at radius 1 is 1.08 bits per heavy atom. The van der Waals surface area contributed by atoms with E-state index in [1.54, 1.807) is 38.2 Å². The minimum atomic E-state index is -0.835. The molecule has 0 saturated heterocycles. The average molecular weight is 534 g/mol. The van der Waals surface area contributed by atoms with E-state index in [1.165, 1.54) is 23.0 Å². The number of carbonyl (C=O) groups is 2. The van der Waals surface area contributed by atoms with E-state index in [9.17, 15) is 14.7 Å². The fourth-order valence-corrected chi connectivity index (χ4v) is 4.83. The van der Waals surface area contributed by atoms with Crippen LogP contribution in [0.25, 0.3) is 22.3 Å². The van der Waals surface area contributed by atoms with Gasteiger partial charge in [0.2, 0.25) is 0 Å². The first kappa shape index (κ1) is 25.5. The summed E-state index contributed by atoms with van der Waals surface area (Å²) in [6.45, 7) is 1.76. The Morgan fingerprint density at radius 3 is 2.39 bits per heavy atom. The summed E-state index contributed by atoms with van der Waals surface area (Å²) in [5.74, 6) is -1.14. The number of hydrogen-bond acceptors (Lipinski definition) is 4. The van der Waals surface area contributed by atoms with E-state index < -0.39 is 29.4 Å². The van der Waals surface area contributed by atoms with Crippen LogP contribution in [-0.2, 0) is 22.0 Å². The summed E-state index contributed by atoms with van der Waals surface area (Å²) >= 11 is 6.58. The number of ether oxygens (including phenoxy) is 1. The Morgan fingerprint density at radius 2 is 1.76 bits per heavy atom. The lowest BCUT2D eigenvalue weighted by Crippen LogP contribution is -2.19. The predicted molar refractivity (Wildman–Crippen MR) is 143 cm³/mol. The van der Waals surface area contributed by atoms with E-state index in [-0.39, 0.29) is 11.4 Å². The highest BCUT2D eigenvalue weighted by molar-refractivity contribution is 6.33. The lowest BCUT2D eigenvalue weighted by Gasteiger charge is -2.16. The van der Waals surface area contributed by atoms with Crippen LogP contribution in [0.2, 0.25) is 5.02 Å². The molecule has 0 radical (unpaired) electrons. The van der Waals surface area contributed by atoms with Crippen LogP contribution in [0.15, 0.2) is 72.9 Å². The van der Waals surface area contributed by atoms with Crippen LogP contribution in [0.4, 0.5) is 15.0 Å². The van der Waals surface area contributed by atoms with Crippen LogP contribution in [-0.4, -0.2) is 26.9 Å². The minimum absolute atomic E-state index is 0.165. The third kappa shape index (κ3) is 4.75. The van der Waals surface area contributed by atoms with Crippen LogP contribution in [0.5, 0.6) is 0 Å². The van der Waals surface area contributed by atoms with Crippen molar-refractivity contribution in [2.75, 3.05) is 5.32 Å². The van der Waals surface area contributed by atoms with Gasteiger partial charge in [0, 0.05) is 28.8 Å². The molecule has 1 heterocycles. The lowest BCUT2D eigenvalue weighted by molar-refractivity contribution is -0.140. The number of aromatic nitrogens is 2. The molecule has 4 aromatic rings. The zero-order chi connectivity index (χ0) is 27.0. The molecule has 1 aliphatic rings. The van der Waals surface area contributed by atoms with E-state index >= 15 is 4.39 Å². The van der Waals surface area contributed by atoms with Gasteiger partial charge < -0.3 is 9.84 Å². The zero-order valence-electron chi connectivity index (χ0n) is 20.7. The van der Waals surface area contributed by atoms with Gasteiger partial charge in [0.05, 0.1) is 11.6 Å². The SMILES string of the molecule is C[C@@H](OC(=O)Nc1c(-c2cc(Cl)c(-c3ccc(C4(C(=O)O)CC4)cc3)cc2F)cnn1C)c1ccccc1. The molecule has 2 N–H and O–H groups in total. The van der Waals surface area contributed by atoms with Crippen LogP contribution in [0, 0.1) is 5.82 Å². The molecule has 1 amide bonds. The topological polar surface area (TPSA) is 93.4 Å². The summed E-state index contributed by atoms with van der Waals surface area (Å²) < 4.78 is 22.3. The average Bonchev–Trinajstić information content (AvgIpc) is 3.65. The second-order valence-corrected chi connectivity index (χ2v) is 9.80. The van der Waals surface area contributed by atoms with Gasteiger partial charge in [0.25, 0.3) is 0 Å². The summed E-state index contributed by atoms with van der Waals surface area (Å²) in [5, 5.41) is 16.7. The first-order valence-electron chi connectivity index (χ1n) is 12.1. The Balaban J connectivity index is 1.38. The molecular weight excluding hydrogens is 509 g/mol. The molecule has 0 bridgehead atoms. The molecular formula is C29H25ClFN3O4. The van der Waals surface area contributed by atoms with Crippen molar-refractivity contribution in [3.8, 4) is 22.3 Å². The fourth-order valence-electron chi connectivity index (χ4n) is 4.56. The van der Waals surface area contributed by atoms with Gasteiger partial charge in [0.1, 0.15) is 17.7 Å². The molecule has 7 nitrogen and oxygen atoms in total. The first-order valence-corrected chi connectivity index (χ1v) is 12.5. The summed E-state index contributed by atoms with van der Waals surface area (Å²) in [4.78, 5) is 24.2. The zero-order valence-corrected chi connectivity index (χ0v) is 21.5. The largest absolute Gasteiger partial charge is 0.481 e. The highest BCUT2D eigenvalue weighted by atomic mass is 35.5. The number of carbonyl (C=O) groups excluding carboxylic acids is 1. The number of benzene rings is 3. The van der Waals surface area contributed by atoms with Gasteiger partial charge >= 0.3 is 12.1 Å². The first-order chi connectivity index (χ1) is 18.2. The van der Waals surface area contributed by atoms with E-state index in [0.717, 1.165) is 11.1 Å². The fraction of sp³-hybridized carbons (Fsp3) is 0.207. The third-order valence-corrected chi connectivity index (χ3v) is 7.28. The van der Waals surface area contributed by atoms with E-state index in [1.807, 2.05) is 30.3 Å². The van der Waals surface area contributed by atoms with Gasteiger partial charge in [-0.3, -0.25) is 14.8 Å². The number of amides is 1. The lowest BCUT2D eigenvalue weighted by atomic mass is 9.93. The van der Waals surface area contributed by atoms with Crippen LogP contribution in [0.3, 0.4) is 0 Å². The number of rotatable bonds is 7. The predicted octanol–water partition coefficient (Wildman–Crippen LogP) is 6.97. The number of aryl methyl sites for hydroxylation is 1. The Hall–Kier alpha value is -4.17. The molecule has 5 rings (SSSR count). The minimum Gasteiger partial charge on any atom is -0.481 e. The Kier molecular flexibility index (Phi) is 6.67. The monoisotopic (exact) mass is 533 g/mol. The smallest absolute Gasteiger partial charge is 0.413 e. The quantitative estimate of drug-likeness (QED) is 0.267. The van der Waals surface area contributed by atoms with Gasteiger partial charge in [-0.15, -0.1) is 0 Å². The number of carboxylic acid groups (broad SMARTS) is 1. The highest BCUT2D eigenvalue weighted by Gasteiger charge is 2.51. The molecule has 9 heteroatoms. The number of hydrogen-bond donors (Lipinski definition) is 2. The summed E-state index contributed by atoms with van der Waals surface area (Å²) in [6.07, 6.45) is 1.46. The molecule has 0 unspecified atom stereocenters. The maximum atomic E-state index is 15.4. The second-order valence-electron chi connectivity index (χ2n) is 9.39. The van der Waals surface area contributed by atoms with Crippen molar-refractivity contribution in [3.63, 3.8) is 0 Å². The molecule has 1 aromatic heterocycles. The van der Waals surface area contributed by atoms with Gasteiger partial charge in [-0.25, -0.2) is 9.18 Å². The number of aliphatic carboxylic acids is 1.